The lowest BCUT2D eigenvalue weighted by atomic mass is 10.0. The summed E-state index contributed by atoms with van der Waals surface area (Å²) in [6, 6.07) is 5.75. The van der Waals surface area contributed by atoms with Gasteiger partial charge in [0.25, 0.3) is 11.8 Å². The molecule has 0 aliphatic carbocycles. The maximum absolute atomic E-state index is 11.6. The summed E-state index contributed by atoms with van der Waals surface area (Å²) in [5.74, 6) is -0.603. The lowest BCUT2D eigenvalue weighted by Crippen LogP contribution is -2.39. The molecule has 19 heavy (non-hydrogen) atoms. The number of fused-ring (bicyclic) bond motifs is 1. The molecule has 1 unspecified atom stereocenters. The number of carbonyl (C=O) groups is 2. The topological polar surface area (TPSA) is 61.4 Å². The maximum atomic E-state index is 11.6. The number of amides is 2. The lowest BCUT2D eigenvalue weighted by Gasteiger charge is -2.30. The molecule has 5 nitrogen and oxygen atoms in total. The number of hydrogen-bond donors (Lipinski definition) is 2. The number of piperidine rings is 1. The van der Waals surface area contributed by atoms with Gasteiger partial charge in [-0.3, -0.25) is 14.9 Å². The summed E-state index contributed by atoms with van der Waals surface area (Å²) in [7, 11) is 2.11. The van der Waals surface area contributed by atoms with Gasteiger partial charge in [-0.15, -0.1) is 0 Å². The molecule has 0 radical (unpaired) electrons. The molecule has 0 saturated carbocycles. The van der Waals surface area contributed by atoms with Crippen molar-refractivity contribution in [3.63, 3.8) is 0 Å². The molecule has 1 saturated heterocycles. The van der Waals surface area contributed by atoms with Gasteiger partial charge in [-0.1, -0.05) is 0 Å². The van der Waals surface area contributed by atoms with E-state index in [2.05, 4.69) is 22.6 Å². The minimum absolute atomic E-state index is 0.301. The van der Waals surface area contributed by atoms with Crippen molar-refractivity contribution in [2.24, 2.45) is 0 Å². The highest BCUT2D eigenvalue weighted by Gasteiger charge is 2.27. The number of hydrogen-bond acceptors (Lipinski definition) is 4. The van der Waals surface area contributed by atoms with Gasteiger partial charge in [-0.2, -0.15) is 0 Å². The molecule has 3 rings (SSSR count). The SMILES string of the molecule is CN1CCCC(Nc2ccc3c(c2)C(=O)NC3=O)C1. The van der Waals surface area contributed by atoms with Crippen LogP contribution in [0.2, 0.25) is 0 Å². The maximum Gasteiger partial charge on any atom is 0.259 e. The van der Waals surface area contributed by atoms with Gasteiger partial charge >= 0.3 is 0 Å². The molecule has 1 aromatic rings. The molecule has 0 spiro atoms. The molecule has 0 bridgehead atoms. The fourth-order valence-electron chi connectivity index (χ4n) is 2.78. The van der Waals surface area contributed by atoms with Crippen LogP contribution in [-0.4, -0.2) is 42.9 Å². The molecule has 100 valence electrons. The van der Waals surface area contributed by atoms with Crippen LogP contribution in [0.3, 0.4) is 0 Å². The monoisotopic (exact) mass is 259 g/mol. The van der Waals surface area contributed by atoms with Crippen molar-refractivity contribution in [2.75, 3.05) is 25.5 Å². The van der Waals surface area contributed by atoms with Crippen LogP contribution in [0.25, 0.3) is 0 Å². The van der Waals surface area contributed by atoms with Crippen molar-refractivity contribution in [2.45, 2.75) is 18.9 Å². The van der Waals surface area contributed by atoms with E-state index < -0.39 is 0 Å². The third kappa shape index (κ3) is 2.33. The number of benzene rings is 1. The summed E-state index contributed by atoms with van der Waals surface area (Å²) in [6.07, 6.45) is 2.31. The van der Waals surface area contributed by atoms with Gasteiger partial charge in [0.15, 0.2) is 0 Å². The van der Waals surface area contributed by atoms with Crippen molar-refractivity contribution < 1.29 is 9.59 Å². The molecule has 2 heterocycles. The fraction of sp³-hybridized carbons (Fsp3) is 0.429. The molecular formula is C14H17N3O2. The van der Waals surface area contributed by atoms with Crippen molar-refractivity contribution in [3.05, 3.63) is 29.3 Å². The van der Waals surface area contributed by atoms with E-state index in [1.54, 1.807) is 12.1 Å². The molecule has 2 N–H and O–H groups in total. The Labute approximate surface area is 112 Å². The van der Waals surface area contributed by atoms with Crippen LogP contribution < -0.4 is 10.6 Å². The Morgan fingerprint density at radius 3 is 2.84 bits per heavy atom. The number of likely N-dealkylation sites (tertiary alicyclic amines) is 1. The predicted octanol–water partition coefficient (Wildman–Crippen LogP) is 1.08. The van der Waals surface area contributed by atoms with Crippen molar-refractivity contribution in [1.29, 1.82) is 0 Å². The van der Waals surface area contributed by atoms with Crippen LogP contribution in [0, 0.1) is 0 Å². The van der Waals surface area contributed by atoms with Crippen LogP contribution in [0.1, 0.15) is 33.6 Å². The Morgan fingerprint density at radius 2 is 2.05 bits per heavy atom. The molecule has 1 atom stereocenters. The summed E-state index contributed by atoms with van der Waals surface area (Å²) in [6.45, 7) is 2.14. The van der Waals surface area contributed by atoms with Crippen molar-refractivity contribution in [1.82, 2.24) is 10.2 Å². The second kappa shape index (κ2) is 4.66. The molecule has 2 aliphatic rings. The molecule has 5 heteroatoms. The molecule has 1 aromatic carbocycles. The van der Waals surface area contributed by atoms with Crippen LogP contribution >= 0.6 is 0 Å². The summed E-state index contributed by atoms with van der Waals surface area (Å²) in [4.78, 5) is 25.4. The van der Waals surface area contributed by atoms with Crippen LogP contribution in [-0.2, 0) is 0 Å². The van der Waals surface area contributed by atoms with E-state index in [1.165, 1.54) is 6.42 Å². The molecular weight excluding hydrogens is 242 g/mol. The standard InChI is InChI=1S/C14H17N3O2/c1-17-6-2-3-10(8-17)15-9-4-5-11-12(7-9)14(19)16-13(11)18/h4-5,7,10,15H,2-3,6,8H2,1H3,(H,16,18,19). The van der Waals surface area contributed by atoms with Gasteiger partial charge in [0.05, 0.1) is 11.1 Å². The number of carbonyl (C=O) groups excluding carboxylic acids is 2. The van der Waals surface area contributed by atoms with E-state index >= 15 is 0 Å². The largest absolute Gasteiger partial charge is 0.381 e. The van der Waals surface area contributed by atoms with E-state index in [-0.39, 0.29) is 11.8 Å². The third-order valence-corrected chi connectivity index (χ3v) is 3.73. The van der Waals surface area contributed by atoms with Gasteiger partial charge in [-0.05, 0) is 44.6 Å². The Bertz CT molecular complexity index is 541. The van der Waals surface area contributed by atoms with Gasteiger partial charge < -0.3 is 10.2 Å². The molecule has 1 fully saturated rings. The predicted molar refractivity (Wildman–Crippen MR) is 72.4 cm³/mol. The summed E-state index contributed by atoms with van der Waals surface area (Å²) >= 11 is 0. The van der Waals surface area contributed by atoms with Gasteiger partial charge in [-0.25, -0.2) is 0 Å². The normalized spacial score (nSPS) is 23.1. The highest BCUT2D eigenvalue weighted by molar-refractivity contribution is 6.21. The lowest BCUT2D eigenvalue weighted by molar-refractivity contribution is 0.0879. The average Bonchev–Trinajstić information content (AvgIpc) is 2.65. The van der Waals surface area contributed by atoms with Gasteiger partial charge in [0.1, 0.15) is 0 Å². The smallest absolute Gasteiger partial charge is 0.259 e. The van der Waals surface area contributed by atoms with Gasteiger partial charge in [0.2, 0.25) is 0 Å². The highest BCUT2D eigenvalue weighted by atomic mass is 16.2. The first-order chi connectivity index (χ1) is 9.13. The summed E-state index contributed by atoms with van der Waals surface area (Å²) < 4.78 is 0. The molecule has 2 amide bonds. The van der Waals surface area contributed by atoms with E-state index in [1.807, 2.05) is 6.07 Å². The second-order valence-corrected chi connectivity index (χ2v) is 5.29. The zero-order chi connectivity index (χ0) is 13.4. The summed E-state index contributed by atoms with van der Waals surface area (Å²) in [5, 5.41) is 5.75. The number of imide groups is 1. The number of nitrogens with one attached hydrogen (secondary N) is 2. The summed E-state index contributed by atoms with van der Waals surface area (Å²) in [5.41, 5.74) is 1.85. The first-order valence-corrected chi connectivity index (χ1v) is 6.58. The van der Waals surface area contributed by atoms with Gasteiger partial charge in [0, 0.05) is 18.3 Å². The van der Waals surface area contributed by atoms with E-state index in [9.17, 15) is 9.59 Å². The first-order valence-electron chi connectivity index (χ1n) is 6.58. The van der Waals surface area contributed by atoms with Crippen LogP contribution in [0.5, 0.6) is 0 Å². The quantitative estimate of drug-likeness (QED) is 0.780. The van der Waals surface area contributed by atoms with Crippen LogP contribution in [0.15, 0.2) is 18.2 Å². The molecule has 2 aliphatic heterocycles. The third-order valence-electron chi connectivity index (χ3n) is 3.73. The van der Waals surface area contributed by atoms with Crippen molar-refractivity contribution in [3.8, 4) is 0 Å². The Balaban J connectivity index is 1.78. The zero-order valence-electron chi connectivity index (χ0n) is 10.9. The zero-order valence-corrected chi connectivity index (χ0v) is 10.9. The molecule has 0 aromatic heterocycles. The average molecular weight is 259 g/mol. The fourth-order valence-corrected chi connectivity index (χ4v) is 2.78. The van der Waals surface area contributed by atoms with Crippen molar-refractivity contribution >= 4 is 17.5 Å². The minimum Gasteiger partial charge on any atom is -0.381 e. The van der Waals surface area contributed by atoms with E-state index in [0.29, 0.717) is 17.2 Å². The number of nitrogens with zero attached hydrogens (tertiary/aromatic N) is 1. The Hall–Kier alpha value is -1.88. The van der Waals surface area contributed by atoms with Crippen LogP contribution in [0.4, 0.5) is 5.69 Å². The Morgan fingerprint density at radius 1 is 1.26 bits per heavy atom. The number of likely N-dealkylation sites (N-methyl/N-ethyl adjacent to an activating group) is 1. The Kier molecular flexibility index (Phi) is 2.98. The number of rotatable bonds is 2. The second-order valence-electron chi connectivity index (χ2n) is 5.29. The first kappa shape index (κ1) is 12.2. The highest BCUT2D eigenvalue weighted by Crippen LogP contribution is 2.22. The minimum atomic E-state index is -0.302. The van der Waals surface area contributed by atoms with E-state index in [4.69, 9.17) is 0 Å². The number of anilines is 1. The van der Waals surface area contributed by atoms with E-state index in [0.717, 1.165) is 25.2 Å².